The lowest BCUT2D eigenvalue weighted by atomic mass is 10.1. The number of hydrogen-bond acceptors (Lipinski definition) is 4. The van der Waals surface area contributed by atoms with Crippen molar-refractivity contribution in [1.29, 1.82) is 0 Å². The monoisotopic (exact) mass is 206 g/mol. The summed E-state index contributed by atoms with van der Waals surface area (Å²) in [5.74, 6) is -2.16. The van der Waals surface area contributed by atoms with Gasteiger partial charge in [0.15, 0.2) is 5.76 Å². The van der Waals surface area contributed by atoms with Gasteiger partial charge in [0.05, 0.1) is 0 Å². The van der Waals surface area contributed by atoms with Crippen LogP contribution in [0.5, 0.6) is 0 Å². The lowest BCUT2D eigenvalue weighted by molar-refractivity contribution is -0.257. The highest BCUT2D eigenvalue weighted by atomic mass is 19.1. The molecule has 15 heavy (non-hydrogen) atoms. The second kappa shape index (κ2) is 3.53. The molecule has 0 atom stereocenters. The Hall–Kier alpha value is -2.17. The maximum atomic E-state index is 12.6. The average molecular weight is 206 g/mol. The molecule has 0 N–H and O–H groups in total. The summed E-state index contributed by atoms with van der Waals surface area (Å²) < 4.78 is 17.1. The molecule has 5 heteroatoms. The molecule has 0 saturated heterocycles. The summed E-state index contributed by atoms with van der Waals surface area (Å²) in [5, 5.41) is 13.9. The van der Waals surface area contributed by atoms with Crippen molar-refractivity contribution in [2.45, 2.75) is 0 Å². The molecule has 1 aromatic heterocycles. The number of rotatable bonds is 2. The summed E-state index contributed by atoms with van der Waals surface area (Å²) in [6, 6.07) is 6.69. The molecule has 0 bridgehead atoms. The van der Waals surface area contributed by atoms with Crippen molar-refractivity contribution in [3.05, 3.63) is 41.9 Å². The van der Waals surface area contributed by atoms with Crippen LogP contribution in [0.25, 0.3) is 11.3 Å². The van der Waals surface area contributed by atoms with Gasteiger partial charge >= 0.3 is 0 Å². The van der Waals surface area contributed by atoms with Gasteiger partial charge in [-0.1, -0.05) is 5.16 Å². The summed E-state index contributed by atoms with van der Waals surface area (Å²) in [5.41, 5.74) is 0.904. The molecule has 0 aliphatic heterocycles. The Kier molecular flexibility index (Phi) is 2.21. The average Bonchev–Trinajstić information content (AvgIpc) is 2.68. The van der Waals surface area contributed by atoms with E-state index in [-0.39, 0.29) is 11.6 Å². The van der Waals surface area contributed by atoms with Gasteiger partial charge in [0.2, 0.25) is 0 Å². The van der Waals surface area contributed by atoms with Gasteiger partial charge in [0.1, 0.15) is 17.5 Å². The molecule has 0 aliphatic rings. The molecule has 76 valence electrons. The Labute approximate surface area is 83.9 Å². The molecule has 0 radical (unpaired) electrons. The number of carbonyl (C=O) groups is 1. The minimum absolute atomic E-state index is 0.328. The first kappa shape index (κ1) is 9.39. The van der Waals surface area contributed by atoms with Crippen LogP contribution in [0.3, 0.4) is 0 Å². The molecule has 0 unspecified atom stereocenters. The van der Waals surface area contributed by atoms with Crippen LogP contribution < -0.4 is 5.11 Å². The van der Waals surface area contributed by atoms with Crippen LogP contribution in [0.1, 0.15) is 10.6 Å². The molecule has 1 heterocycles. The van der Waals surface area contributed by atoms with Crippen LogP contribution in [0.2, 0.25) is 0 Å². The number of aromatic carboxylic acids is 1. The predicted octanol–water partition coefficient (Wildman–Crippen LogP) is 0.844. The van der Waals surface area contributed by atoms with E-state index in [1.807, 2.05) is 0 Å². The largest absolute Gasteiger partial charge is 0.541 e. The number of carbonyl (C=O) groups excluding carboxylic acids is 1. The lowest BCUT2D eigenvalue weighted by Gasteiger charge is -1.93. The fraction of sp³-hybridized carbons (Fsp3) is 0. The molecule has 2 rings (SSSR count). The molecule has 1 aromatic carbocycles. The fourth-order valence-corrected chi connectivity index (χ4v) is 1.13. The van der Waals surface area contributed by atoms with Crippen molar-refractivity contribution in [3.8, 4) is 11.3 Å². The number of aromatic nitrogens is 1. The lowest BCUT2D eigenvalue weighted by Crippen LogP contribution is -2.21. The summed E-state index contributed by atoms with van der Waals surface area (Å²) in [4.78, 5) is 10.4. The first-order valence-electron chi connectivity index (χ1n) is 4.11. The van der Waals surface area contributed by atoms with E-state index < -0.39 is 5.97 Å². The molecule has 0 saturated carbocycles. The van der Waals surface area contributed by atoms with Crippen LogP contribution in [0.4, 0.5) is 4.39 Å². The normalized spacial score (nSPS) is 10.2. The molecular formula is C10H5FNO3-. The zero-order valence-electron chi connectivity index (χ0n) is 7.44. The van der Waals surface area contributed by atoms with Gasteiger partial charge in [0, 0.05) is 11.6 Å². The SMILES string of the molecule is O=C([O-])c1cc(-c2ccc(F)cc2)no1. The van der Waals surface area contributed by atoms with E-state index in [4.69, 9.17) is 0 Å². The number of carboxylic acids is 1. The van der Waals surface area contributed by atoms with E-state index >= 15 is 0 Å². The van der Waals surface area contributed by atoms with Crippen molar-refractivity contribution in [2.75, 3.05) is 0 Å². The van der Waals surface area contributed by atoms with E-state index in [1.54, 1.807) is 0 Å². The standard InChI is InChI=1S/C10H6FNO3/c11-7-3-1-6(2-4-7)8-5-9(10(13)14)15-12-8/h1-5H,(H,13,14)/p-1. The highest BCUT2D eigenvalue weighted by Crippen LogP contribution is 2.18. The summed E-state index contributed by atoms with van der Waals surface area (Å²) in [6.45, 7) is 0. The van der Waals surface area contributed by atoms with E-state index in [0.29, 0.717) is 11.3 Å². The molecule has 0 spiro atoms. The Morgan fingerprint density at radius 3 is 2.53 bits per heavy atom. The van der Waals surface area contributed by atoms with Crippen molar-refractivity contribution in [3.63, 3.8) is 0 Å². The van der Waals surface area contributed by atoms with Crippen LogP contribution in [-0.2, 0) is 0 Å². The van der Waals surface area contributed by atoms with Crippen LogP contribution in [0.15, 0.2) is 34.9 Å². The molecule has 0 amide bonds. The number of halogens is 1. The van der Waals surface area contributed by atoms with Crippen molar-refractivity contribution < 1.29 is 18.8 Å². The second-order valence-electron chi connectivity index (χ2n) is 2.87. The highest BCUT2D eigenvalue weighted by molar-refractivity contribution is 5.83. The smallest absolute Gasteiger partial charge is 0.182 e. The van der Waals surface area contributed by atoms with Crippen molar-refractivity contribution in [2.24, 2.45) is 0 Å². The number of benzene rings is 1. The Morgan fingerprint density at radius 1 is 1.33 bits per heavy atom. The van der Waals surface area contributed by atoms with E-state index in [9.17, 15) is 14.3 Å². The summed E-state index contributed by atoms with van der Waals surface area (Å²) in [6.07, 6.45) is 0. The van der Waals surface area contributed by atoms with Gasteiger partial charge in [-0.2, -0.15) is 0 Å². The Morgan fingerprint density at radius 2 is 2.00 bits per heavy atom. The van der Waals surface area contributed by atoms with Crippen LogP contribution in [-0.4, -0.2) is 11.1 Å². The molecule has 0 fully saturated rings. The fourth-order valence-electron chi connectivity index (χ4n) is 1.13. The number of nitrogens with zero attached hydrogens (tertiary/aromatic N) is 1. The van der Waals surface area contributed by atoms with Crippen molar-refractivity contribution >= 4 is 5.97 Å². The third-order valence-electron chi connectivity index (χ3n) is 1.85. The minimum atomic E-state index is -1.43. The Balaban J connectivity index is 2.37. The number of hydrogen-bond donors (Lipinski definition) is 0. The van der Waals surface area contributed by atoms with Gasteiger partial charge in [-0.05, 0) is 24.3 Å². The zero-order chi connectivity index (χ0) is 10.8. The molecule has 0 aliphatic carbocycles. The topological polar surface area (TPSA) is 66.2 Å². The first-order valence-corrected chi connectivity index (χ1v) is 4.11. The third-order valence-corrected chi connectivity index (χ3v) is 1.85. The number of carboxylic acid groups (broad SMARTS) is 1. The van der Waals surface area contributed by atoms with Crippen molar-refractivity contribution in [1.82, 2.24) is 5.16 Å². The van der Waals surface area contributed by atoms with E-state index in [2.05, 4.69) is 9.68 Å². The maximum absolute atomic E-state index is 12.6. The van der Waals surface area contributed by atoms with Crippen LogP contribution >= 0.6 is 0 Å². The highest BCUT2D eigenvalue weighted by Gasteiger charge is 2.06. The van der Waals surface area contributed by atoms with Gasteiger partial charge in [-0.15, -0.1) is 0 Å². The second-order valence-corrected chi connectivity index (χ2v) is 2.87. The summed E-state index contributed by atoms with van der Waals surface area (Å²) >= 11 is 0. The Bertz CT molecular complexity index is 490. The van der Waals surface area contributed by atoms with E-state index in [0.717, 1.165) is 0 Å². The van der Waals surface area contributed by atoms with Gasteiger partial charge in [-0.25, -0.2) is 4.39 Å². The predicted molar refractivity (Wildman–Crippen MR) is 46.2 cm³/mol. The van der Waals surface area contributed by atoms with Gasteiger partial charge in [0.25, 0.3) is 0 Å². The third kappa shape index (κ3) is 1.85. The maximum Gasteiger partial charge on any atom is 0.182 e. The molecular weight excluding hydrogens is 201 g/mol. The summed E-state index contributed by atoms with van der Waals surface area (Å²) in [7, 11) is 0. The van der Waals surface area contributed by atoms with Gasteiger partial charge in [-0.3, -0.25) is 0 Å². The quantitative estimate of drug-likeness (QED) is 0.730. The zero-order valence-corrected chi connectivity index (χ0v) is 7.44. The molecule has 2 aromatic rings. The first-order chi connectivity index (χ1) is 7.16. The van der Waals surface area contributed by atoms with Crippen LogP contribution in [0, 0.1) is 5.82 Å². The minimum Gasteiger partial charge on any atom is -0.541 e. The van der Waals surface area contributed by atoms with E-state index in [1.165, 1.54) is 30.3 Å². The molecule has 4 nitrogen and oxygen atoms in total. The van der Waals surface area contributed by atoms with Gasteiger partial charge < -0.3 is 14.4 Å².